The van der Waals surface area contributed by atoms with E-state index >= 15 is 0 Å². The monoisotopic (exact) mass is 374 g/mol. The fourth-order valence-electron chi connectivity index (χ4n) is 2.14. The van der Waals surface area contributed by atoms with E-state index in [1.165, 1.54) is 0 Å². The van der Waals surface area contributed by atoms with Crippen molar-refractivity contribution in [2.24, 2.45) is 4.99 Å². The molecule has 0 aliphatic carbocycles. The summed E-state index contributed by atoms with van der Waals surface area (Å²) in [6.45, 7) is 1.03. The molecule has 6 nitrogen and oxygen atoms in total. The van der Waals surface area contributed by atoms with Crippen LogP contribution in [0.15, 0.2) is 35.3 Å². The molecule has 0 aromatic heterocycles. The van der Waals surface area contributed by atoms with E-state index < -0.39 is 31.3 Å². The number of amides is 1. The van der Waals surface area contributed by atoms with Crippen LogP contribution in [0.2, 0.25) is 0 Å². The summed E-state index contributed by atoms with van der Waals surface area (Å²) in [5.74, 6) is -0.426. The van der Waals surface area contributed by atoms with Crippen LogP contribution in [0.25, 0.3) is 0 Å². The number of halogens is 3. The number of rotatable bonds is 8. The van der Waals surface area contributed by atoms with Crippen LogP contribution in [0.3, 0.4) is 0 Å². The van der Waals surface area contributed by atoms with Gasteiger partial charge < -0.3 is 20.6 Å². The molecule has 0 aliphatic heterocycles. The number of nitrogens with one attached hydrogen (secondary N) is 2. The smallest absolute Gasteiger partial charge is 0.388 e. The van der Waals surface area contributed by atoms with E-state index in [2.05, 4.69) is 15.6 Å². The molecule has 1 aromatic carbocycles. The van der Waals surface area contributed by atoms with E-state index in [4.69, 9.17) is 0 Å². The molecule has 1 atom stereocenters. The Hall–Kier alpha value is -2.29. The second-order valence-corrected chi connectivity index (χ2v) is 5.70. The van der Waals surface area contributed by atoms with Crippen molar-refractivity contribution in [1.29, 1.82) is 0 Å². The molecule has 0 spiro atoms. The van der Waals surface area contributed by atoms with Crippen molar-refractivity contribution in [3.63, 3.8) is 0 Å². The van der Waals surface area contributed by atoms with Crippen LogP contribution in [-0.4, -0.2) is 61.3 Å². The van der Waals surface area contributed by atoms with Gasteiger partial charge in [0.2, 0.25) is 5.91 Å². The minimum atomic E-state index is -4.44. The van der Waals surface area contributed by atoms with Gasteiger partial charge in [-0.15, -0.1) is 0 Å². The Morgan fingerprint density at radius 2 is 1.92 bits per heavy atom. The highest BCUT2D eigenvalue weighted by atomic mass is 19.4. The molecule has 9 heteroatoms. The van der Waals surface area contributed by atoms with Crippen LogP contribution < -0.4 is 10.6 Å². The molecule has 1 amide bonds. The molecule has 0 radical (unpaired) electrons. The van der Waals surface area contributed by atoms with Gasteiger partial charge in [-0.2, -0.15) is 13.2 Å². The van der Waals surface area contributed by atoms with Crippen molar-refractivity contribution in [3.8, 4) is 0 Å². The Morgan fingerprint density at radius 3 is 2.50 bits per heavy atom. The summed E-state index contributed by atoms with van der Waals surface area (Å²) >= 11 is 0. The molecule has 0 heterocycles. The Kier molecular flexibility index (Phi) is 8.91. The average molecular weight is 374 g/mol. The first-order valence-electron chi connectivity index (χ1n) is 8.29. The lowest BCUT2D eigenvalue weighted by Crippen LogP contribution is -2.40. The van der Waals surface area contributed by atoms with Crippen LogP contribution in [0.5, 0.6) is 0 Å². The average Bonchev–Trinajstić information content (AvgIpc) is 2.58. The molecule has 1 unspecified atom stereocenters. The highest BCUT2D eigenvalue weighted by Gasteiger charge is 2.31. The maximum Gasteiger partial charge on any atom is 0.406 e. The number of guanidine groups is 1. The van der Waals surface area contributed by atoms with Gasteiger partial charge >= 0.3 is 6.18 Å². The van der Waals surface area contributed by atoms with Crippen molar-refractivity contribution in [3.05, 3.63) is 35.9 Å². The van der Waals surface area contributed by atoms with Gasteiger partial charge in [-0.1, -0.05) is 30.3 Å². The third-order valence-corrected chi connectivity index (χ3v) is 3.45. The number of aliphatic hydroxyl groups excluding tert-OH is 1. The highest BCUT2D eigenvalue weighted by molar-refractivity contribution is 5.84. The molecular formula is C17H25F3N4O2. The third-order valence-electron chi connectivity index (χ3n) is 3.45. The Balaban J connectivity index is 2.49. The van der Waals surface area contributed by atoms with Crippen LogP contribution in [0.4, 0.5) is 13.2 Å². The van der Waals surface area contributed by atoms with E-state index in [-0.39, 0.29) is 0 Å². The number of aliphatic imine (C=N–C) groups is 1. The van der Waals surface area contributed by atoms with Gasteiger partial charge in [0.25, 0.3) is 0 Å². The SMILES string of the molecule is CCNC(=NCC(=O)N(C)CC(F)(F)F)NCCC(O)c1ccccc1. The molecular weight excluding hydrogens is 349 g/mol. The normalized spacial score (nSPS) is 13.2. The van der Waals surface area contributed by atoms with Crippen molar-refractivity contribution in [2.45, 2.75) is 25.6 Å². The van der Waals surface area contributed by atoms with Crippen LogP contribution in [0.1, 0.15) is 25.0 Å². The summed E-state index contributed by atoms with van der Waals surface area (Å²) in [5.41, 5.74) is 0.792. The zero-order valence-electron chi connectivity index (χ0n) is 14.9. The Labute approximate surface area is 151 Å². The lowest BCUT2D eigenvalue weighted by molar-refractivity contribution is -0.157. The summed E-state index contributed by atoms with van der Waals surface area (Å²) in [6, 6.07) is 9.16. The number of aliphatic hydroxyl groups is 1. The van der Waals surface area contributed by atoms with Crippen molar-refractivity contribution >= 4 is 11.9 Å². The molecule has 1 rings (SSSR count). The quantitative estimate of drug-likeness (QED) is 0.478. The number of likely N-dealkylation sites (N-methyl/N-ethyl adjacent to an activating group) is 1. The molecule has 26 heavy (non-hydrogen) atoms. The van der Waals surface area contributed by atoms with E-state index in [0.29, 0.717) is 30.4 Å². The Bertz CT molecular complexity index is 579. The predicted octanol–water partition coefficient (Wildman–Crippen LogP) is 1.69. The molecule has 0 bridgehead atoms. The zero-order chi connectivity index (χ0) is 19.6. The number of carbonyl (C=O) groups is 1. The van der Waals surface area contributed by atoms with Gasteiger partial charge in [-0.3, -0.25) is 4.79 Å². The minimum absolute atomic E-state index is 0.307. The molecule has 146 valence electrons. The maximum atomic E-state index is 12.3. The maximum absolute atomic E-state index is 12.3. The lowest BCUT2D eigenvalue weighted by Gasteiger charge is -2.18. The first-order chi connectivity index (χ1) is 12.2. The van der Waals surface area contributed by atoms with Crippen molar-refractivity contribution < 1.29 is 23.1 Å². The number of hydrogen-bond donors (Lipinski definition) is 3. The number of nitrogens with zero attached hydrogens (tertiary/aromatic N) is 2. The topological polar surface area (TPSA) is 77.0 Å². The first kappa shape index (κ1) is 21.8. The van der Waals surface area contributed by atoms with E-state index in [1.807, 2.05) is 37.3 Å². The number of carbonyl (C=O) groups excluding carboxylic acids is 1. The number of benzene rings is 1. The third kappa shape index (κ3) is 8.70. The standard InChI is InChI=1S/C17H25F3N4O2/c1-3-21-16(23-11-15(26)24(2)12-17(18,19)20)22-10-9-14(25)13-7-5-4-6-8-13/h4-8,14,25H,3,9-12H2,1-2H3,(H2,21,22,23). The largest absolute Gasteiger partial charge is 0.406 e. The van der Waals surface area contributed by atoms with E-state index in [9.17, 15) is 23.1 Å². The summed E-state index contributed by atoms with van der Waals surface area (Å²) in [6.07, 6.45) is -4.67. The van der Waals surface area contributed by atoms with Gasteiger partial charge in [0.1, 0.15) is 13.1 Å². The number of alkyl halides is 3. The highest BCUT2D eigenvalue weighted by Crippen LogP contribution is 2.16. The summed E-state index contributed by atoms with van der Waals surface area (Å²) < 4.78 is 36.9. The van der Waals surface area contributed by atoms with Gasteiger partial charge in [0.05, 0.1) is 6.10 Å². The van der Waals surface area contributed by atoms with E-state index in [0.717, 1.165) is 12.6 Å². The van der Waals surface area contributed by atoms with Gasteiger partial charge in [-0.05, 0) is 18.9 Å². The predicted molar refractivity (Wildman–Crippen MR) is 93.7 cm³/mol. The molecule has 0 fully saturated rings. The summed E-state index contributed by atoms with van der Waals surface area (Å²) in [7, 11) is 1.09. The summed E-state index contributed by atoms with van der Waals surface area (Å²) in [4.78, 5) is 16.3. The Morgan fingerprint density at radius 1 is 1.27 bits per heavy atom. The second kappa shape index (κ2) is 10.6. The fourth-order valence-corrected chi connectivity index (χ4v) is 2.14. The van der Waals surface area contributed by atoms with Crippen molar-refractivity contribution in [1.82, 2.24) is 15.5 Å². The van der Waals surface area contributed by atoms with Crippen molar-refractivity contribution in [2.75, 3.05) is 33.2 Å². The molecule has 1 aromatic rings. The fraction of sp³-hybridized carbons (Fsp3) is 0.529. The number of hydrogen-bond acceptors (Lipinski definition) is 3. The molecule has 0 saturated heterocycles. The summed E-state index contributed by atoms with van der Waals surface area (Å²) in [5, 5.41) is 15.9. The lowest BCUT2D eigenvalue weighted by atomic mass is 10.1. The minimum Gasteiger partial charge on any atom is -0.388 e. The van der Waals surface area contributed by atoms with Gasteiger partial charge in [-0.25, -0.2) is 4.99 Å². The van der Waals surface area contributed by atoms with Crippen LogP contribution in [0, 0.1) is 0 Å². The molecule has 3 N–H and O–H groups in total. The van der Waals surface area contributed by atoms with Crippen LogP contribution in [-0.2, 0) is 4.79 Å². The first-order valence-corrected chi connectivity index (χ1v) is 8.29. The zero-order valence-corrected chi connectivity index (χ0v) is 14.9. The molecule has 0 aliphatic rings. The van der Waals surface area contributed by atoms with E-state index in [1.54, 1.807) is 0 Å². The molecule has 0 saturated carbocycles. The van der Waals surface area contributed by atoms with Gasteiger partial charge in [0.15, 0.2) is 5.96 Å². The second-order valence-electron chi connectivity index (χ2n) is 5.70. The van der Waals surface area contributed by atoms with Gasteiger partial charge in [0, 0.05) is 20.1 Å². The van der Waals surface area contributed by atoms with Crippen LogP contribution >= 0.6 is 0 Å².